The maximum absolute atomic E-state index is 13.4. The van der Waals surface area contributed by atoms with Gasteiger partial charge < -0.3 is 0 Å². The minimum Gasteiger partial charge on any atom is -0.291 e. The largest absolute Gasteiger partial charge is 0.291 e. The smallest absolute Gasteiger partial charge is 0.257 e. The van der Waals surface area contributed by atoms with Crippen LogP contribution in [-0.4, -0.2) is 9.55 Å². The second kappa shape index (κ2) is 8.69. The molecular formula is C22H22F2N2OS. The van der Waals surface area contributed by atoms with E-state index in [4.69, 9.17) is 0 Å². The van der Waals surface area contributed by atoms with E-state index in [1.54, 1.807) is 7.05 Å². The summed E-state index contributed by atoms with van der Waals surface area (Å²) < 4.78 is 28.0. The van der Waals surface area contributed by atoms with E-state index in [1.807, 2.05) is 32.0 Å². The predicted octanol–water partition coefficient (Wildman–Crippen LogP) is 4.81. The van der Waals surface area contributed by atoms with Gasteiger partial charge in [0.1, 0.15) is 0 Å². The van der Waals surface area contributed by atoms with Crippen molar-refractivity contribution in [2.75, 3.05) is 0 Å². The molecule has 0 amide bonds. The summed E-state index contributed by atoms with van der Waals surface area (Å²) in [6.45, 7) is 4.00. The van der Waals surface area contributed by atoms with E-state index in [1.165, 1.54) is 28.5 Å². The minimum absolute atomic E-state index is 0.0684. The molecule has 3 nitrogen and oxygen atoms in total. The van der Waals surface area contributed by atoms with Gasteiger partial charge in [0.15, 0.2) is 16.8 Å². The van der Waals surface area contributed by atoms with E-state index < -0.39 is 11.6 Å². The zero-order chi connectivity index (χ0) is 20.3. The molecule has 0 aliphatic carbocycles. The van der Waals surface area contributed by atoms with Crippen molar-refractivity contribution in [1.29, 1.82) is 0 Å². The van der Waals surface area contributed by atoms with Crippen molar-refractivity contribution in [3.63, 3.8) is 0 Å². The number of thioether (sulfide) groups is 1. The first-order chi connectivity index (χ1) is 13.4. The van der Waals surface area contributed by atoms with E-state index >= 15 is 0 Å². The second-order valence-corrected chi connectivity index (χ2v) is 7.68. The maximum atomic E-state index is 13.4. The van der Waals surface area contributed by atoms with Crippen LogP contribution in [0.4, 0.5) is 8.78 Å². The van der Waals surface area contributed by atoms with Gasteiger partial charge in [-0.05, 0) is 36.6 Å². The van der Waals surface area contributed by atoms with Crippen molar-refractivity contribution in [3.05, 3.63) is 92.4 Å². The standard InChI is InChI=1S/C22H22F2N2OS/c1-4-20-17(11-15-7-5-6-14(2)10-15)21(27)26(3)22(25-20)28-13-16-8-9-18(23)19(24)12-16/h5-10,12H,4,11,13H2,1-3H3. The van der Waals surface area contributed by atoms with Crippen molar-refractivity contribution >= 4 is 11.8 Å². The SMILES string of the molecule is CCc1nc(SCc2ccc(F)c(F)c2)n(C)c(=O)c1Cc1cccc(C)c1. The summed E-state index contributed by atoms with van der Waals surface area (Å²) in [5, 5.41) is 0.569. The van der Waals surface area contributed by atoms with Crippen LogP contribution >= 0.6 is 11.8 Å². The zero-order valence-corrected chi connectivity index (χ0v) is 16.9. The van der Waals surface area contributed by atoms with Crippen molar-refractivity contribution in [3.8, 4) is 0 Å². The van der Waals surface area contributed by atoms with Gasteiger partial charge in [0.2, 0.25) is 0 Å². The number of nitrogens with zero attached hydrogens (tertiary/aromatic N) is 2. The number of hydrogen-bond donors (Lipinski definition) is 0. The summed E-state index contributed by atoms with van der Waals surface area (Å²) in [5.41, 5.74) is 4.28. The van der Waals surface area contributed by atoms with E-state index in [0.717, 1.165) is 22.9 Å². The summed E-state index contributed by atoms with van der Waals surface area (Å²) in [6.07, 6.45) is 1.19. The van der Waals surface area contributed by atoms with E-state index in [-0.39, 0.29) is 5.56 Å². The number of halogens is 2. The zero-order valence-electron chi connectivity index (χ0n) is 16.1. The molecule has 0 bridgehead atoms. The van der Waals surface area contributed by atoms with Gasteiger partial charge >= 0.3 is 0 Å². The van der Waals surface area contributed by atoms with Gasteiger partial charge in [-0.1, -0.05) is 54.6 Å². The highest BCUT2D eigenvalue weighted by atomic mass is 32.2. The number of rotatable bonds is 6. The van der Waals surface area contributed by atoms with Crippen LogP contribution < -0.4 is 5.56 Å². The molecule has 0 radical (unpaired) electrons. The molecule has 1 heterocycles. The quantitative estimate of drug-likeness (QED) is 0.440. The molecule has 0 saturated heterocycles. The monoisotopic (exact) mass is 400 g/mol. The first-order valence-corrected chi connectivity index (χ1v) is 10.1. The summed E-state index contributed by atoms with van der Waals surface area (Å²) in [4.78, 5) is 17.7. The summed E-state index contributed by atoms with van der Waals surface area (Å²) >= 11 is 1.34. The maximum Gasteiger partial charge on any atom is 0.257 e. The van der Waals surface area contributed by atoms with Crippen molar-refractivity contribution < 1.29 is 8.78 Å². The Labute approximate surface area is 167 Å². The molecule has 1 aromatic heterocycles. The molecule has 0 fully saturated rings. The fourth-order valence-electron chi connectivity index (χ4n) is 3.07. The van der Waals surface area contributed by atoms with Crippen LogP contribution in [0.3, 0.4) is 0 Å². The Morgan fingerprint density at radius 3 is 2.54 bits per heavy atom. The molecule has 3 aromatic rings. The van der Waals surface area contributed by atoms with Gasteiger partial charge in [-0.2, -0.15) is 0 Å². The topological polar surface area (TPSA) is 34.9 Å². The number of benzene rings is 2. The van der Waals surface area contributed by atoms with Crippen LogP contribution in [0.15, 0.2) is 52.4 Å². The summed E-state index contributed by atoms with van der Waals surface area (Å²) in [6, 6.07) is 11.9. The Hall–Kier alpha value is -2.47. The van der Waals surface area contributed by atoms with Crippen LogP contribution in [0.25, 0.3) is 0 Å². The highest BCUT2D eigenvalue weighted by Gasteiger charge is 2.15. The van der Waals surface area contributed by atoms with Gasteiger partial charge in [0.25, 0.3) is 5.56 Å². The molecule has 146 valence electrons. The normalized spacial score (nSPS) is 11.0. The van der Waals surface area contributed by atoms with Gasteiger partial charge in [0.05, 0.1) is 5.69 Å². The molecule has 2 aromatic carbocycles. The van der Waals surface area contributed by atoms with Gasteiger partial charge in [-0.25, -0.2) is 13.8 Å². The highest BCUT2D eigenvalue weighted by molar-refractivity contribution is 7.98. The number of aromatic nitrogens is 2. The van der Waals surface area contributed by atoms with E-state index in [9.17, 15) is 13.6 Å². The molecule has 0 aliphatic rings. The van der Waals surface area contributed by atoms with Gasteiger partial charge in [-0.3, -0.25) is 9.36 Å². The second-order valence-electron chi connectivity index (χ2n) is 6.74. The van der Waals surface area contributed by atoms with Crippen LogP contribution in [0, 0.1) is 18.6 Å². The highest BCUT2D eigenvalue weighted by Crippen LogP contribution is 2.22. The van der Waals surface area contributed by atoms with Crippen LogP contribution in [0.5, 0.6) is 0 Å². The van der Waals surface area contributed by atoms with E-state index in [0.29, 0.717) is 34.9 Å². The average molecular weight is 400 g/mol. The molecule has 6 heteroatoms. The van der Waals surface area contributed by atoms with Gasteiger partial charge in [-0.15, -0.1) is 0 Å². The lowest BCUT2D eigenvalue weighted by molar-refractivity contribution is 0.507. The fraction of sp³-hybridized carbons (Fsp3) is 0.273. The Morgan fingerprint density at radius 1 is 1.07 bits per heavy atom. The summed E-state index contributed by atoms with van der Waals surface area (Å²) in [7, 11) is 1.70. The molecule has 0 atom stereocenters. The van der Waals surface area contributed by atoms with Gasteiger partial charge in [0, 0.05) is 24.8 Å². The van der Waals surface area contributed by atoms with Crippen LogP contribution in [0.1, 0.15) is 34.9 Å². The first-order valence-electron chi connectivity index (χ1n) is 9.10. The lowest BCUT2D eigenvalue weighted by Crippen LogP contribution is -2.26. The first kappa shape index (κ1) is 20.3. The third kappa shape index (κ3) is 4.50. The van der Waals surface area contributed by atoms with Crippen LogP contribution in [0.2, 0.25) is 0 Å². The predicted molar refractivity (Wildman–Crippen MR) is 109 cm³/mol. The Balaban J connectivity index is 1.88. The molecule has 28 heavy (non-hydrogen) atoms. The molecule has 0 N–H and O–H groups in total. The van der Waals surface area contributed by atoms with Crippen LogP contribution in [-0.2, 0) is 25.6 Å². The molecule has 0 spiro atoms. The average Bonchev–Trinajstić information content (AvgIpc) is 2.67. The van der Waals surface area contributed by atoms with E-state index in [2.05, 4.69) is 11.1 Å². The Kier molecular flexibility index (Phi) is 6.29. The lowest BCUT2D eigenvalue weighted by Gasteiger charge is -2.13. The Bertz CT molecular complexity index is 1060. The molecule has 0 unspecified atom stereocenters. The molecule has 3 rings (SSSR count). The fourth-order valence-corrected chi connectivity index (χ4v) is 4.00. The number of hydrogen-bond acceptors (Lipinski definition) is 3. The summed E-state index contributed by atoms with van der Waals surface area (Å²) in [5.74, 6) is -1.34. The molecule has 0 saturated carbocycles. The minimum atomic E-state index is -0.873. The molecular weight excluding hydrogens is 378 g/mol. The van der Waals surface area contributed by atoms with Crippen molar-refractivity contribution in [2.24, 2.45) is 7.05 Å². The third-order valence-electron chi connectivity index (χ3n) is 4.58. The Morgan fingerprint density at radius 2 is 1.86 bits per heavy atom. The van der Waals surface area contributed by atoms with Crippen molar-refractivity contribution in [1.82, 2.24) is 9.55 Å². The lowest BCUT2D eigenvalue weighted by atomic mass is 10.0. The van der Waals surface area contributed by atoms with Crippen molar-refractivity contribution in [2.45, 2.75) is 37.6 Å². The number of aryl methyl sites for hydroxylation is 2. The molecule has 0 aliphatic heterocycles. The third-order valence-corrected chi connectivity index (χ3v) is 5.68.